The van der Waals surface area contributed by atoms with E-state index in [1.807, 2.05) is 35.8 Å². The van der Waals surface area contributed by atoms with Gasteiger partial charge in [0.15, 0.2) is 6.29 Å². The van der Waals surface area contributed by atoms with Crippen LogP contribution in [0.1, 0.15) is 32.1 Å². The molecule has 1 aliphatic heterocycles. The third kappa shape index (κ3) is 2.11. The summed E-state index contributed by atoms with van der Waals surface area (Å²) in [6.07, 6.45) is 2.40. The van der Waals surface area contributed by atoms with Crippen LogP contribution in [0, 0.1) is 6.92 Å². The lowest BCUT2D eigenvalue weighted by Gasteiger charge is -2.28. The molecule has 0 saturated carbocycles. The van der Waals surface area contributed by atoms with Gasteiger partial charge in [0.25, 0.3) is 5.91 Å². The minimum atomic E-state index is -0.00185. The van der Waals surface area contributed by atoms with Crippen LogP contribution in [-0.4, -0.2) is 33.2 Å². The van der Waals surface area contributed by atoms with E-state index in [1.165, 1.54) is 0 Å². The molecule has 1 aromatic carbocycles. The number of carbonyl (C=O) groups excluding carboxylic acids is 2. The van der Waals surface area contributed by atoms with Gasteiger partial charge in [0.05, 0.1) is 18.6 Å². The van der Waals surface area contributed by atoms with Crippen LogP contribution in [0.5, 0.6) is 0 Å². The molecule has 0 radical (unpaired) electrons. The molecule has 1 amide bonds. The zero-order valence-corrected chi connectivity index (χ0v) is 11.2. The number of aryl methyl sites for hydroxylation is 1. The summed E-state index contributed by atoms with van der Waals surface area (Å²) in [5, 5.41) is 0. The van der Waals surface area contributed by atoms with Crippen molar-refractivity contribution >= 4 is 12.2 Å². The molecule has 0 bridgehead atoms. The fraction of sp³-hybridized carbons (Fsp3) is 0.267. The molecule has 0 spiro atoms. The molecule has 5 heteroatoms. The summed E-state index contributed by atoms with van der Waals surface area (Å²) in [6, 6.07) is 7.55. The maximum absolute atomic E-state index is 12.5. The number of imidazole rings is 1. The number of benzene rings is 1. The standard InChI is InChI=1S/C15H15N3O2/c1-11-3-2-4-12(7-11)15(20)17-5-6-18-10-16-13(9-19)14(18)8-17/h2-4,7,9-10H,5-6,8H2,1H3. The van der Waals surface area contributed by atoms with Crippen molar-refractivity contribution < 1.29 is 9.59 Å². The number of fused-ring (bicyclic) bond motifs is 1. The zero-order chi connectivity index (χ0) is 14.1. The number of aldehydes is 1. The van der Waals surface area contributed by atoms with Crippen LogP contribution < -0.4 is 0 Å². The summed E-state index contributed by atoms with van der Waals surface area (Å²) in [4.78, 5) is 29.3. The Morgan fingerprint density at radius 1 is 1.35 bits per heavy atom. The van der Waals surface area contributed by atoms with Gasteiger partial charge < -0.3 is 9.47 Å². The molecule has 2 heterocycles. The van der Waals surface area contributed by atoms with Crippen LogP contribution in [0.4, 0.5) is 0 Å². The van der Waals surface area contributed by atoms with E-state index in [2.05, 4.69) is 4.98 Å². The van der Waals surface area contributed by atoms with E-state index in [-0.39, 0.29) is 5.91 Å². The summed E-state index contributed by atoms with van der Waals surface area (Å²) in [6.45, 7) is 3.70. The van der Waals surface area contributed by atoms with Gasteiger partial charge in [-0.2, -0.15) is 0 Å². The quantitative estimate of drug-likeness (QED) is 0.779. The highest BCUT2D eigenvalue weighted by atomic mass is 16.2. The summed E-state index contributed by atoms with van der Waals surface area (Å²) in [7, 11) is 0. The van der Waals surface area contributed by atoms with E-state index in [0.717, 1.165) is 17.5 Å². The van der Waals surface area contributed by atoms with Crippen molar-refractivity contribution in [1.82, 2.24) is 14.5 Å². The fourth-order valence-corrected chi connectivity index (χ4v) is 2.51. The summed E-state index contributed by atoms with van der Waals surface area (Å²) in [5.41, 5.74) is 2.98. The van der Waals surface area contributed by atoms with Crippen LogP contribution in [0.2, 0.25) is 0 Å². The second-order valence-electron chi connectivity index (χ2n) is 4.98. The number of amides is 1. The molecule has 2 aromatic rings. The van der Waals surface area contributed by atoms with E-state index in [1.54, 1.807) is 11.2 Å². The molecular weight excluding hydrogens is 254 g/mol. The van der Waals surface area contributed by atoms with E-state index in [0.29, 0.717) is 30.9 Å². The molecular formula is C15H15N3O2. The third-order valence-corrected chi connectivity index (χ3v) is 3.59. The van der Waals surface area contributed by atoms with Gasteiger partial charge in [0.1, 0.15) is 5.69 Å². The summed E-state index contributed by atoms with van der Waals surface area (Å²) in [5.74, 6) is -0.00185. The lowest BCUT2D eigenvalue weighted by Crippen LogP contribution is -2.38. The van der Waals surface area contributed by atoms with Crippen LogP contribution in [0.25, 0.3) is 0 Å². The van der Waals surface area contributed by atoms with Crippen molar-refractivity contribution in [2.75, 3.05) is 6.54 Å². The number of rotatable bonds is 2. The number of hydrogen-bond acceptors (Lipinski definition) is 3. The van der Waals surface area contributed by atoms with Crippen molar-refractivity contribution in [3.8, 4) is 0 Å². The van der Waals surface area contributed by atoms with Gasteiger partial charge in [-0.15, -0.1) is 0 Å². The summed E-state index contributed by atoms with van der Waals surface area (Å²) >= 11 is 0. The van der Waals surface area contributed by atoms with E-state index < -0.39 is 0 Å². The minimum Gasteiger partial charge on any atom is -0.331 e. The molecule has 1 aromatic heterocycles. The van der Waals surface area contributed by atoms with Gasteiger partial charge in [-0.05, 0) is 19.1 Å². The highest BCUT2D eigenvalue weighted by molar-refractivity contribution is 5.94. The van der Waals surface area contributed by atoms with Gasteiger partial charge in [-0.25, -0.2) is 4.98 Å². The number of aromatic nitrogens is 2. The van der Waals surface area contributed by atoms with Crippen LogP contribution in [0.15, 0.2) is 30.6 Å². The summed E-state index contributed by atoms with van der Waals surface area (Å²) < 4.78 is 1.93. The first-order valence-corrected chi connectivity index (χ1v) is 6.54. The van der Waals surface area contributed by atoms with Crippen molar-refractivity contribution in [2.24, 2.45) is 0 Å². The Kier molecular flexibility index (Phi) is 3.10. The predicted octanol–water partition coefficient (Wildman–Crippen LogP) is 1.66. The highest BCUT2D eigenvalue weighted by Gasteiger charge is 2.24. The number of nitrogens with zero attached hydrogens (tertiary/aromatic N) is 3. The maximum atomic E-state index is 12.5. The Bertz CT molecular complexity index is 676. The Morgan fingerprint density at radius 3 is 2.95 bits per heavy atom. The van der Waals surface area contributed by atoms with Gasteiger partial charge in [-0.1, -0.05) is 17.7 Å². The molecule has 0 saturated heterocycles. The van der Waals surface area contributed by atoms with E-state index in [4.69, 9.17) is 0 Å². The Labute approximate surface area is 116 Å². The molecule has 5 nitrogen and oxygen atoms in total. The molecule has 102 valence electrons. The largest absolute Gasteiger partial charge is 0.331 e. The molecule has 0 aliphatic carbocycles. The first kappa shape index (κ1) is 12.6. The Balaban J connectivity index is 1.86. The SMILES string of the molecule is Cc1cccc(C(=O)N2CCn3cnc(C=O)c3C2)c1. The van der Waals surface area contributed by atoms with Crippen molar-refractivity contribution in [1.29, 1.82) is 0 Å². The first-order chi connectivity index (χ1) is 9.69. The zero-order valence-electron chi connectivity index (χ0n) is 11.2. The monoisotopic (exact) mass is 269 g/mol. The van der Waals surface area contributed by atoms with Gasteiger partial charge in [0, 0.05) is 18.7 Å². The van der Waals surface area contributed by atoms with Crippen molar-refractivity contribution in [2.45, 2.75) is 20.0 Å². The average Bonchev–Trinajstić information content (AvgIpc) is 2.88. The van der Waals surface area contributed by atoms with Crippen LogP contribution in [-0.2, 0) is 13.1 Å². The topological polar surface area (TPSA) is 55.2 Å². The lowest BCUT2D eigenvalue weighted by molar-refractivity contribution is 0.0709. The number of carbonyl (C=O) groups is 2. The molecule has 0 fully saturated rings. The second-order valence-corrected chi connectivity index (χ2v) is 4.98. The first-order valence-electron chi connectivity index (χ1n) is 6.54. The molecule has 0 atom stereocenters. The average molecular weight is 269 g/mol. The van der Waals surface area contributed by atoms with Crippen molar-refractivity contribution in [3.05, 3.63) is 53.1 Å². The smallest absolute Gasteiger partial charge is 0.254 e. The second kappa shape index (κ2) is 4.92. The van der Waals surface area contributed by atoms with E-state index in [9.17, 15) is 9.59 Å². The minimum absolute atomic E-state index is 0.00185. The van der Waals surface area contributed by atoms with Crippen LogP contribution >= 0.6 is 0 Å². The normalized spacial score (nSPS) is 13.9. The molecule has 20 heavy (non-hydrogen) atoms. The predicted molar refractivity (Wildman–Crippen MR) is 73.5 cm³/mol. The fourth-order valence-electron chi connectivity index (χ4n) is 2.51. The Morgan fingerprint density at radius 2 is 2.20 bits per heavy atom. The number of hydrogen-bond donors (Lipinski definition) is 0. The van der Waals surface area contributed by atoms with Gasteiger partial charge >= 0.3 is 0 Å². The lowest BCUT2D eigenvalue weighted by atomic mass is 10.1. The molecule has 0 unspecified atom stereocenters. The molecule has 3 rings (SSSR count). The van der Waals surface area contributed by atoms with Crippen LogP contribution in [0.3, 0.4) is 0 Å². The third-order valence-electron chi connectivity index (χ3n) is 3.59. The van der Waals surface area contributed by atoms with Crippen molar-refractivity contribution in [3.63, 3.8) is 0 Å². The molecule has 1 aliphatic rings. The van der Waals surface area contributed by atoms with E-state index >= 15 is 0 Å². The van der Waals surface area contributed by atoms with Gasteiger partial charge in [0.2, 0.25) is 0 Å². The molecule has 0 N–H and O–H groups in total. The maximum Gasteiger partial charge on any atom is 0.254 e. The van der Waals surface area contributed by atoms with Gasteiger partial charge in [-0.3, -0.25) is 9.59 Å². The Hall–Kier alpha value is -2.43. The highest BCUT2D eigenvalue weighted by Crippen LogP contribution is 2.17.